The van der Waals surface area contributed by atoms with Crippen molar-refractivity contribution in [3.8, 4) is 0 Å². The molecule has 0 radical (unpaired) electrons. The molecule has 1 fully saturated rings. The summed E-state index contributed by atoms with van der Waals surface area (Å²) in [6, 6.07) is 0. The number of amides is 2. The maximum absolute atomic E-state index is 11.8. The number of thiazole rings is 1. The van der Waals surface area contributed by atoms with Gasteiger partial charge in [-0.15, -0.1) is 11.3 Å². The second-order valence-corrected chi connectivity index (χ2v) is 5.81. The van der Waals surface area contributed by atoms with Crippen LogP contribution in [-0.2, 0) is 4.79 Å². The SMILES string of the molecule is NCCN1C(=O)S/C(=C/c2ncc(Cl)s2)C1=O. The summed E-state index contributed by atoms with van der Waals surface area (Å²) in [5.41, 5.74) is 5.33. The van der Waals surface area contributed by atoms with E-state index in [9.17, 15) is 9.59 Å². The molecule has 0 aromatic carbocycles. The highest BCUT2D eigenvalue weighted by Crippen LogP contribution is 2.32. The number of carbonyl (C=O) groups is 2. The van der Waals surface area contributed by atoms with Gasteiger partial charge < -0.3 is 5.73 Å². The van der Waals surface area contributed by atoms with Gasteiger partial charge in [0.25, 0.3) is 11.1 Å². The number of imide groups is 1. The summed E-state index contributed by atoms with van der Waals surface area (Å²) < 4.78 is 0.539. The molecule has 1 aliphatic heterocycles. The zero-order chi connectivity index (χ0) is 12.4. The van der Waals surface area contributed by atoms with Crippen LogP contribution < -0.4 is 5.73 Å². The number of aromatic nitrogens is 1. The minimum Gasteiger partial charge on any atom is -0.329 e. The Kier molecular flexibility index (Phi) is 3.82. The van der Waals surface area contributed by atoms with E-state index in [0.717, 1.165) is 16.7 Å². The number of hydrogen-bond acceptors (Lipinski definition) is 6. The van der Waals surface area contributed by atoms with Crippen molar-refractivity contribution in [3.05, 3.63) is 20.4 Å². The summed E-state index contributed by atoms with van der Waals surface area (Å²) in [5.74, 6) is -0.322. The first-order valence-corrected chi connectivity index (χ1v) is 6.69. The van der Waals surface area contributed by atoms with Gasteiger partial charge in [0.05, 0.1) is 11.1 Å². The van der Waals surface area contributed by atoms with E-state index < -0.39 is 0 Å². The van der Waals surface area contributed by atoms with Crippen molar-refractivity contribution < 1.29 is 9.59 Å². The molecule has 90 valence electrons. The van der Waals surface area contributed by atoms with Gasteiger partial charge in [0.2, 0.25) is 0 Å². The van der Waals surface area contributed by atoms with Crippen LogP contribution in [0.2, 0.25) is 4.34 Å². The molecule has 1 aromatic heterocycles. The number of hydrogen-bond donors (Lipinski definition) is 1. The lowest BCUT2D eigenvalue weighted by Crippen LogP contribution is -2.33. The molecule has 2 heterocycles. The predicted octanol–water partition coefficient (Wildman–Crippen LogP) is 1.79. The van der Waals surface area contributed by atoms with Crippen LogP contribution >= 0.6 is 34.7 Å². The summed E-state index contributed by atoms with van der Waals surface area (Å²) in [6.07, 6.45) is 3.07. The lowest BCUT2D eigenvalue weighted by atomic mass is 10.4. The van der Waals surface area contributed by atoms with Crippen LogP contribution in [0.25, 0.3) is 6.08 Å². The minimum atomic E-state index is -0.322. The Balaban J connectivity index is 2.21. The molecule has 2 N–H and O–H groups in total. The molecule has 0 atom stereocenters. The van der Waals surface area contributed by atoms with Gasteiger partial charge in [-0.05, 0) is 17.8 Å². The molecule has 0 spiro atoms. The van der Waals surface area contributed by atoms with Crippen LogP contribution in [0.1, 0.15) is 5.01 Å². The average Bonchev–Trinajstić information content (AvgIpc) is 2.79. The summed E-state index contributed by atoms with van der Waals surface area (Å²) in [7, 11) is 0. The van der Waals surface area contributed by atoms with Crippen molar-refractivity contribution in [1.29, 1.82) is 0 Å². The van der Waals surface area contributed by atoms with Crippen molar-refractivity contribution in [3.63, 3.8) is 0 Å². The van der Waals surface area contributed by atoms with Gasteiger partial charge in [-0.2, -0.15) is 0 Å². The number of thioether (sulfide) groups is 1. The van der Waals surface area contributed by atoms with Gasteiger partial charge in [0, 0.05) is 13.1 Å². The smallest absolute Gasteiger partial charge is 0.293 e. The second-order valence-electron chi connectivity index (χ2n) is 3.12. The summed E-state index contributed by atoms with van der Waals surface area (Å²) in [4.78, 5) is 28.8. The van der Waals surface area contributed by atoms with Crippen molar-refractivity contribution in [2.24, 2.45) is 5.73 Å². The van der Waals surface area contributed by atoms with E-state index >= 15 is 0 Å². The van der Waals surface area contributed by atoms with Crippen LogP contribution in [0, 0.1) is 0 Å². The molecule has 0 saturated carbocycles. The molecule has 8 heteroatoms. The van der Waals surface area contributed by atoms with Crippen LogP contribution in [0.4, 0.5) is 4.79 Å². The lowest BCUT2D eigenvalue weighted by molar-refractivity contribution is -0.122. The first-order valence-electron chi connectivity index (χ1n) is 4.68. The topological polar surface area (TPSA) is 76.3 Å². The van der Waals surface area contributed by atoms with E-state index in [2.05, 4.69) is 4.98 Å². The normalized spacial score (nSPS) is 18.5. The zero-order valence-corrected chi connectivity index (χ0v) is 10.9. The average molecular weight is 290 g/mol. The third kappa shape index (κ3) is 2.68. The zero-order valence-electron chi connectivity index (χ0n) is 8.55. The number of carbonyl (C=O) groups excluding carboxylic acids is 2. The Hall–Kier alpha value is -0.890. The van der Waals surface area contributed by atoms with Crippen LogP contribution in [0.5, 0.6) is 0 Å². The Morgan fingerprint density at radius 1 is 1.53 bits per heavy atom. The van der Waals surface area contributed by atoms with E-state index in [4.69, 9.17) is 17.3 Å². The number of halogens is 1. The molecular formula is C9H8ClN3O2S2. The van der Waals surface area contributed by atoms with E-state index in [1.165, 1.54) is 17.5 Å². The van der Waals surface area contributed by atoms with Gasteiger partial charge in [0.1, 0.15) is 9.34 Å². The van der Waals surface area contributed by atoms with Crippen LogP contribution in [0.15, 0.2) is 11.1 Å². The van der Waals surface area contributed by atoms with Gasteiger partial charge in [-0.1, -0.05) is 11.6 Å². The maximum Gasteiger partial charge on any atom is 0.293 e. The Bertz CT molecular complexity index is 500. The molecule has 5 nitrogen and oxygen atoms in total. The first-order chi connectivity index (χ1) is 8.11. The molecular weight excluding hydrogens is 282 g/mol. The van der Waals surface area contributed by atoms with Gasteiger partial charge in [-0.3, -0.25) is 14.5 Å². The number of rotatable bonds is 3. The highest BCUT2D eigenvalue weighted by atomic mass is 35.5. The summed E-state index contributed by atoms with van der Waals surface area (Å²) in [6.45, 7) is 0.495. The van der Waals surface area contributed by atoms with Gasteiger partial charge >= 0.3 is 0 Å². The molecule has 2 rings (SSSR count). The van der Waals surface area contributed by atoms with E-state index in [1.54, 1.807) is 6.08 Å². The predicted molar refractivity (Wildman–Crippen MR) is 68.9 cm³/mol. The fourth-order valence-corrected chi connectivity index (χ4v) is 3.06. The Morgan fingerprint density at radius 2 is 2.29 bits per heavy atom. The second kappa shape index (κ2) is 5.18. The molecule has 2 amide bonds. The quantitative estimate of drug-likeness (QED) is 0.859. The van der Waals surface area contributed by atoms with E-state index in [0.29, 0.717) is 14.2 Å². The van der Waals surface area contributed by atoms with Gasteiger partial charge in [-0.25, -0.2) is 4.98 Å². The van der Waals surface area contributed by atoms with Crippen molar-refractivity contribution in [1.82, 2.24) is 9.88 Å². The Morgan fingerprint density at radius 3 is 2.88 bits per heavy atom. The maximum atomic E-state index is 11.8. The standard InChI is InChI=1S/C9H8ClN3O2S2/c10-6-4-12-7(17-6)3-5-8(14)13(2-1-11)9(15)16-5/h3-4H,1-2,11H2/b5-3+. The fourth-order valence-electron chi connectivity index (χ4n) is 1.27. The monoisotopic (exact) mass is 289 g/mol. The Labute approximate surface area is 111 Å². The van der Waals surface area contributed by atoms with Crippen molar-refractivity contribution in [2.75, 3.05) is 13.1 Å². The summed E-state index contributed by atoms with van der Waals surface area (Å²) >= 11 is 7.87. The molecule has 0 aliphatic carbocycles. The third-order valence-electron chi connectivity index (χ3n) is 1.98. The van der Waals surface area contributed by atoms with Crippen LogP contribution in [-0.4, -0.2) is 34.1 Å². The van der Waals surface area contributed by atoms with E-state index in [-0.39, 0.29) is 24.2 Å². The van der Waals surface area contributed by atoms with E-state index in [1.807, 2.05) is 0 Å². The van der Waals surface area contributed by atoms with Gasteiger partial charge in [0.15, 0.2) is 0 Å². The number of nitrogens with zero attached hydrogens (tertiary/aromatic N) is 2. The molecule has 17 heavy (non-hydrogen) atoms. The number of nitrogens with two attached hydrogens (primary N) is 1. The van der Waals surface area contributed by atoms with Crippen LogP contribution in [0.3, 0.4) is 0 Å². The third-order valence-corrected chi connectivity index (χ3v) is 3.95. The highest BCUT2D eigenvalue weighted by Gasteiger charge is 2.34. The van der Waals surface area contributed by atoms with Crippen molar-refractivity contribution in [2.45, 2.75) is 0 Å². The minimum absolute atomic E-state index is 0.237. The fraction of sp³-hybridized carbons (Fsp3) is 0.222. The highest BCUT2D eigenvalue weighted by molar-refractivity contribution is 8.18. The lowest BCUT2D eigenvalue weighted by Gasteiger charge is -2.09. The molecule has 1 saturated heterocycles. The largest absolute Gasteiger partial charge is 0.329 e. The first kappa shape index (κ1) is 12.6. The molecule has 0 unspecified atom stereocenters. The molecule has 0 bridgehead atoms. The summed E-state index contributed by atoms with van der Waals surface area (Å²) in [5, 5.41) is 0.308. The molecule has 1 aromatic rings. The molecule has 1 aliphatic rings. The van der Waals surface area contributed by atoms with Crippen molar-refractivity contribution >= 4 is 51.9 Å².